The van der Waals surface area contributed by atoms with Crippen molar-refractivity contribution in [3.8, 4) is 0 Å². The van der Waals surface area contributed by atoms with Gasteiger partial charge in [0.05, 0.1) is 0 Å². The van der Waals surface area contributed by atoms with E-state index in [9.17, 15) is 9.59 Å². The van der Waals surface area contributed by atoms with Crippen LogP contribution in [0.25, 0.3) is 0 Å². The van der Waals surface area contributed by atoms with Crippen LogP contribution in [-0.2, 0) is 9.53 Å². The third-order valence-corrected chi connectivity index (χ3v) is 4.71. The molecule has 23 heavy (non-hydrogen) atoms. The lowest BCUT2D eigenvalue weighted by molar-refractivity contribution is -0.127. The molecule has 1 atom stereocenters. The van der Waals surface area contributed by atoms with Crippen LogP contribution in [0.15, 0.2) is 0 Å². The van der Waals surface area contributed by atoms with E-state index in [0.29, 0.717) is 24.3 Å². The maximum absolute atomic E-state index is 12.0. The monoisotopic (exact) mass is 389 g/mol. The van der Waals surface area contributed by atoms with Crippen LogP contribution in [0.2, 0.25) is 0 Å². The number of likely N-dealkylation sites (tertiary alicyclic amines) is 1. The number of ether oxygens (including phenoxy) is 1. The average molecular weight is 390 g/mol. The van der Waals surface area contributed by atoms with Crippen molar-refractivity contribution in [2.45, 2.75) is 44.0 Å². The first-order valence-corrected chi connectivity index (χ1v) is 9.28. The lowest BCUT2D eigenvalue weighted by atomic mass is 10.2. The van der Waals surface area contributed by atoms with Gasteiger partial charge >= 0.3 is 6.09 Å². The maximum Gasteiger partial charge on any atom is 0.410 e. The molecule has 0 aliphatic carbocycles. The van der Waals surface area contributed by atoms with E-state index < -0.39 is 5.60 Å². The summed E-state index contributed by atoms with van der Waals surface area (Å²) >= 11 is 3.51. The van der Waals surface area contributed by atoms with Crippen LogP contribution >= 0.6 is 15.9 Å². The minimum absolute atomic E-state index is 0.219. The highest BCUT2D eigenvalue weighted by atomic mass is 79.9. The van der Waals surface area contributed by atoms with Gasteiger partial charge in [0.25, 0.3) is 0 Å². The standard InChI is InChI=1S/C16H28BrN3O3/c1-16(2,3)23-15(22)19-9-7-18(8-10-19)5-4-6-20-12-13(17)11-14(20)21/h13H,4-12H2,1-3H3. The number of halogens is 1. The lowest BCUT2D eigenvalue weighted by Crippen LogP contribution is -2.50. The van der Waals surface area contributed by atoms with E-state index in [1.807, 2.05) is 25.7 Å². The Kier molecular flexibility index (Phi) is 6.31. The predicted molar refractivity (Wildman–Crippen MR) is 92.8 cm³/mol. The first kappa shape index (κ1) is 18.5. The number of amides is 2. The molecule has 1 unspecified atom stereocenters. The number of hydrogen-bond acceptors (Lipinski definition) is 4. The first-order chi connectivity index (χ1) is 10.7. The maximum atomic E-state index is 12.0. The molecule has 132 valence electrons. The smallest absolute Gasteiger partial charge is 0.410 e. The molecule has 0 aromatic rings. The van der Waals surface area contributed by atoms with Gasteiger partial charge in [-0.2, -0.15) is 0 Å². The molecule has 2 saturated heterocycles. The zero-order chi connectivity index (χ0) is 17.0. The molecule has 2 fully saturated rings. The summed E-state index contributed by atoms with van der Waals surface area (Å²) in [5.41, 5.74) is -0.441. The molecule has 2 rings (SSSR count). The SMILES string of the molecule is CC(C)(C)OC(=O)N1CCN(CCCN2CC(Br)CC2=O)CC1. The summed E-state index contributed by atoms with van der Waals surface area (Å²) in [5, 5.41) is 0. The molecule has 2 aliphatic rings. The van der Waals surface area contributed by atoms with Crippen molar-refractivity contribution in [2.75, 3.05) is 45.8 Å². The van der Waals surface area contributed by atoms with Crippen molar-refractivity contribution >= 4 is 27.9 Å². The first-order valence-electron chi connectivity index (χ1n) is 8.37. The highest BCUT2D eigenvalue weighted by molar-refractivity contribution is 9.09. The fourth-order valence-corrected chi connectivity index (χ4v) is 3.53. The van der Waals surface area contributed by atoms with Crippen LogP contribution in [0, 0.1) is 0 Å². The highest BCUT2D eigenvalue weighted by Gasteiger charge is 2.28. The summed E-state index contributed by atoms with van der Waals surface area (Å²) in [7, 11) is 0. The molecule has 0 aromatic heterocycles. The van der Waals surface area contributed by atoms with Crippen LogP contribution in [0.4, 0.5) is 4.79 Å². The van der Waals surface area contributed by atoms with Gasteiger partial charge < -0.3 is 14.5 Å². The fraction of sp³-hybridized carbons (Fsp3) is 0.875. The van der Waals surface area contributed by atoms with E-state index in [1.54, 1.807) is 4.90 Å². The third kappa shape index (κ3) is 5.95. The Balaban J connectivity index is 1.63. The molecule has 6 nitrogen and oxygen atoms in total. The molecule has 0 radical (unpaired) electrons. The van der Waals surface area contributed by atoms with Gasteiger partial charge in [-0.1, -0.05) is 15.9 Å². The molecule has 7 heteroatoms. The molecule has 0 saturated carbocycles. The molecular weight excluding hydrogens is 362 g/mol. The van der Waals surface area contributed by atoms with E-state index in [-0.39, 0.29) is 12.0 Å². The second-order valence-corrected chi connectivity index (χ2v) is 8.60. The van der Waals surface area contributed by atoms with E-state index in [2.05, 4.69) is 20.8 Å². The number of carbonyl (C=O) groups is 2. The number of rotatable bonds is 4. The Bertz CT molecular complexity index is 431. The van der Waals surface area contributed by atoms with Crippen molar-refractivity contribution in [2.24, 2.45) is 0 Å². The molecule has 0 bridgehead atoms. The van der Waals surface area contributed by atoms with Gasteiger partial charge in [-0.25, -0.2) is 4.79 Å². The largest absolute Gasteiger partial charge is 0.444 e. The Hall–Kier alpha value is -0.820. The van der Waals surface area contributed by atoms with Gasteiger partial charge in [0.1, 0.15) is 5.60 Å². The lowest BCUT2D eigenvalue weighted by Gasteiger charge is -2.35. The van der Waals surface area contributed by atoms with Gasteiger partial charge in [-0.15, -0.1) is 0 Å². The summed E-state index contributed by atoms with van der Waals surface area (Å²) in [6.45, 7) is 11.4. The van der Waals surface area contributed by atoms with Crippen molar-refractivity contribution in [3.63, 3.8) is 0 Å². The van der Waals surface area contributed by atoms with E-state index in [4.69, 9.17) is 4.74 Å². The average Bonchev–Trinajstić information content (AvgIpc) is 2.76. The van der Waals surface area contributed by atoms with Crippen molar-refractivity contribution in [3.05, 3.63) is 0 Å². The van der Waals surface area contributed by atoms with Gasteiger partial charge in [0.2, 0.25) is 5.91 Å². The van der Waals surface area contributed by atoms with Gasteiger partial charge in [0.15, 0.2) is 0 Å². The number of carbonyl (C=O) groups excluding carboxylic acids is 2. The van der Waals surface area contributed by atoms with Crippen molar-refractivity contribution < 1.29 is 14.3 Å². The van der Waals surface area contributed by atoms with Gasteiger partial charge in [-0.3, -0.25) is 9.69 Å². The Morgan fingerprint density at radius 2 is 1.87 bits per heavy atom. The van der Waals surface area contributed by atoms with Crippen LogP contribution < -0.4 is 0 Å². The van der Waals surface area contributed by atoms with E-state index in [0.717, 1.165) is 39.1 Å². The van der Waals surface area contributed by atoms with Gasteiger partial charge in [-0.05, 0) is 33.7 Å². The van der Waals surface area contributed by atoms with E-state index in [1.165, 1.54) is 0 Å². The molecule has 2 aliphatic heterocycles. The number of nitrogens with zero attached hydrogens (tertiary/aromatic N) is 3. The Morgan fingerprint density at radius 1 is 1.22 bits per heavy atom. The zero-order valence-corrected chi connectivity index (χ0v) is 16.0. The molecule has 2 amide bonds. The highest BCUT2D eigenvalue weighted by Crippen LogP contribution is 2.18. The van der Waals surface area contributed by atoms with Crippen LogP contribution in [0.1, 0.15) is 33.6 Å². The third-order valence-electron chi connectivity index (χ3n) is 4.09. The predicted octanol–water partition coefficient (Wildman–Crippen LogP) is 1.92. The molecule has 0 N–H and O–H groups in total. The topological polar surface area (TPSA) is 53.1 Å². The number of alkyl halides is 1. The molecule has 0 aromatic carbocycles. The Morgan fingerprint density at radius 3 is 2.39 bits per heavy atom. The van der Waals surface area contributed by atoms with Crippen LogP contribution in [0.5, 0.6) is 0 Å². The van der Waals surface area contributed by atoms with Crippen molar-refractivity contribution in [1.82, 2.24) is 14.7 Å². The second-order valence-electron chi connectivity index (χ2n) is 7.30. The minimum Gasteiger partial charge on any atom is -0.444 e. The fourth-order valence-electron chi connectivity index (χ4n) is 2.91. The Labute approximate surface area is 147 Å². The molecular formula is C16H28BrN3O3. The van der Waals surface area contributed by atoms with Crippen molar-refractivity contribution in [1.29, 1.82) is 0 Å². The minimum atomic E-state index is -0.441. The molecule has 2 heterocycles. The summed E-state index contributed by atoms with van der Waals surface area (Å²) in [6, 6.07) is 0. The zero-order valence-electron chi connectivity index (χ0n) is 14.4. The summed E-state index contributed by atoms with van der Waals surface area (Å²) in [6.07, 6.45) is 1.38. The summed E-state index contributed by atoms with van der Waals surface area (Å²) in [5.74, 6) is 0.252. The van der Waals surface area contributed by atoms with Gasteiger partial charge in [0, 0.05) is 50.5 Å². The van der Waals surface area contributed by atoms with Crippen LogP contribution in [-0.4, -0.2) is 82.9 Å². The van der Waals surface area contributed by atoms with E-state index >= 15 is 0 Å². The summed E-state index contributed by atoms with van der Waals surface area (Å²) < 4.78 is 5.40. The summed E-state index contributed by atoms with van der Waals surface area (Å²) in [4.78, 5) is 30.1. The second kappa shape index (κ2) is 7.83. The normalized spacial score (nSPS) is 23.5. The quantitative estimate of drug-likeness (QED) is 0.689. The number of piperazine rings is 1. The van der Waals surface area contributed by atoms with Crippen LogP contribution in [0.3, 0.4) is 0 Å². The number of hydrogen-bond donors (Lipinski definition) is 0. The molecule has 0 spiro atoms.